The van der Waals surface area contributed by atoms with E-state index in [-0.39, 0.29) is 25.7 Å². The van der Waals surface area contributed by atoms with Crippen LogP contribution in [0.5, 0.6) is 0 Å². The van der Waals surface area contributed by atoms with Crippen LogP contribution < -0.4 is 0 Å². The highest BCUT2D eigenvalue weighted by Crippen LogP contribution is 2.45. The molecule has 0 aromatic heterocycles. The summed E-state index contributed by atoms with van der Waals surface area (Å²) >= 11 is 0. The van der Waals surface area contributed by atoms with E-state index in [2.05, 4.69) is 55.4 Å². The van der Waals surface area contributed by atoms with Crippen LogP contribution in [0.25, 0.3) is 0 Å². The molecular formula is C74H144O17P2. The highest BCUT2D eigenvalue weighted by Gasteiger charge is 2.30. The number of esters is 4. The lowest BCUT2D eigenvalue weighted by Gasteiger charge is -2.21. The Hall–Kier alpha value is -1.94. The first kappa shape index (κ1) is 91.1. The van der Waals surface area contributed by atoms with E-state index in [4.69, 9.17) is 37.0 Å². The monoisotopic (exact) mass is 1370 g/mol. The van der Waals surface area contributed by atoms with Gasteiger partial charge in [-0.2, -0.15) is 0 Å². The first-order valence-corrected chi connectivity index (χ1v) is 41.3. The number of aliphatic hydroxyl groups excluding tert-OH is 1. The molecule has 17 nitrogen and oxygen atoms in total. The van der Waals surface area contributed by atoms with Gasteiger partial charge >= 0.3 is 39.5 Å². The molecule has 93 heavy (non-hydrogen) atoms. The van der Waals surface area contributed by atoms with Crippen molar-refractivity contribution in [2.75, 3.05) is 39.6 Å². The molecule has 0 aromatic carbocycles. The van der Waals surface area contributed by atoms with Gasteiger partial charge in [-0.1, -0.05) is 319 Å². The van der Waals surface area contributed by atoms with Crippen LogP contribution in [0.4, 0.5) is 0 Å². The Balaban J connectivity index is 5.25. The van der Waals surface area contributed by atoms with Crippen molar-refractivity contribution >= 4 is 39.5 Å². The van der Waals surface area contributed by atoms with E-state index in [1.54, 1.807) is 0 Å². The number of phosphoric acid groups is 2. The smallest absolute Gasteiger partial charge is 0.462 e. The molecule has 0 heterocycles. The summed E-state index contributed by atoms with van der Waals surface area (Å²) < 4.78 is 68.4. The third-order valence-electron chi connectivity index (χ3n) is 17.8. The minimum absolute atomic E-state index is 0.105. The van der Waals surface area contributed by atoms with Gasteiger partial charge in [0.1, 0.15) is 19.3 Å². The third-order valence-corrected chi connectivity index (χ3v) is 19.7. The highest BCUT2D eigenvalue weighted by molar-refractivity contribution is 7.47. The molecule has 7 atom stereocenters. The maximum Gasteiger partial charge on any atom is 0.472 e. The average Bonchev–Trinajstić information content (AvgIpc) is 2.44. The summed E-state index contributed by atoms with van der Waals surface area (Å²) in [6.45, 7) is 14.2. The van der Waals surface area contributed by atoms with Gasteiger partial charge in [0.25, 0.3) is 0 Å². The van der Waals surface area contributed by atoms with E-state index in [1.165, 1.54) is 167 Å². The Morgan fingerprint density at radius 1 is 0.301 bits per heavy atom. The SMILES string of the molecule is CCC(C)CCCCCCCCCCCCC(=O)OC[C@H](COP(=O)(O)OC[C@@H](O)COP(=O)(O)OC[C@@H](COC(=O)CCCCCCCCC(C)CC)OC(=O)CCCCCCCCCCCCCCCCC(C)C)OC(=O)CCCCCCCCCCCC(C)C. The molecular weight excluding hydrogens is 1220 g/mol. The predicted octanol–water partition coefficient (Wildman–Crippen LogP) is 21.3. The zero-order valence-corrected chi connectivity index (χ0v) is 62.7. The summed E-state index contributed by atoms with van der Waals surface area (Å²) in [5, 5.41) is 10.6. The highest BCUT2D eigenvalue weighted by atomic mass is 31.2. The van der Waals surface area contributed by atoms with Crippen molar-refractivity contribution in [3.05, 3.63) is 0 Å². The molecule has 552 valence electrons. The number of hydrogen-bond donors (Lipinski definition) is 3. The van der Waals surface area contributed by atoms with Crippen molar-refractivity contribution in [3.8, 4) is 0 Å². The van der Waals surface area contributed by atoms with Crippen molar-refractivity contribution in [1.29, 1.82) is 0 Å². The van der Waals surface area contributed by atoms with Crippen LogP contribution in [0, 0.1) is 23.7 Å². The number of carbonyl (C=O) groups excluding carboxylic acids is 4. The van der Waals surface area contributed by atoms with Gasteiger partial charge in [-0.3, -0.25) is 37.3 Å². The maximum atomic E-state index is 13.0. The summed E-state index contributed by atoms with van der Waals surface area (Å²) in [7, 11) is -9.91. The molecule has 0 aliphatic heterocycles. The number of carbonyl (C=O) groups is 4. The van der Waals surface area contributed by atoms with E-state index in [0.717, 1.165) is 120 Å². The Labute approximate surface area is 568 Å². The van der Waals surface area contributed by atoms with Crippen molar-refractivity contribution in [2.45, 2.75) is 388 Å². The average molecular weight is 1370 g/mol. The predicted molar refractivity (Wildman–Crippen MR) is 377 cm³/mol. The summed E-state index contributed by atoms with van der Waals surface area (Å²) in [6.07, 6.45) is 47.1. The zero-order valence-electron chi connectivity index (χ0n) is 60.9. The second-order valence-corrected chi connectivity index (χ2v) is 31.0. The maximum absolute atomic E-state index is 13.0. The van der Waals surface area contributed by atoms with Crippen molar-refractivity contribution < 1.29 is 80.2 Å². The van der Waals surface area contributed by atoms with Gasteiger partial charge < -0.3 is 33.8 Å². The Morgan fingerprint density at radius 3 is 0.763 bits per heavy atom. The summed E-state index contributed by atoms with van der Waals surface area (Å²) in [5.41, 5.74) is 0. The number of ether oxygens (including phenoxy) is 4. The van der Waals surface area contributed by atoms with E-state index in [1.807, 2.05) is 0 Å². The summed E-state index contributed by atoms with van der Waals surface area (Å²) in [4.78, 5) is 72.7. The molecule has 0 aliphatic carbocycles. The van der Waals surface area contributed by atoms with Gasteiger partial charge in [-0.15, -0.1) is 0 Å². The van der Waals surface area contributed by atoms with Crippen LogP contribution in [0.15, 0.2) is 0 Å². The van der Waals surface area contributed by atoms with Crippen LogP contribution in [0.3, 0.4) is 0 Å². The molecule has 0 bridgehead atoms. The molecule has 0 saturated heterocycles. The molecule has 0 radical (unpaired) electrons. The lowest BCUT2D eigenvalue weighted by atomic mass is 9.99. The molecule has 0 aliphatic rings. The van der Waals surface area contributed by atoms with Crippen molar-refractivity contribution in [1.82, 2.24) is 0 Å². The van der Waals surface area contributed by atoms with Gasteiger partial charge in [-0.05, 0) is 49.4 Å². The topological polar surface area (TPSA) is 237 Å². The van der Waals surface area contributed by atoms with Crippen LogP contribution >= 0.6 is 15.6 Å². The van der Waals surface area contributed by atoms with E-state index < -0.39 is 97.5 Å². The first-order valence-electron chi connectivity index (χ1n) is 38.3. The number of aliphatic hydroxyl groups is 1. The first-order chi connectivity index (χ1) is 44.7. The molecule has 0 rings (SSSR count). The Bertz CT molecular complexity index is 1840. The van der Waals surface area contributed by atoms with Crippen molar-refractivity contribution in [3.63, 3.8) is 0 Å². The third kappa shape index (κ3) is 65.8. The number of hydrogen-bond acceptors (Lipinski definition) is 15. The molecule has 3 N–H and O–H groups in total. The molecule has 0 saturated carbocycles. The quantitative estimate of drug-likeness (QED) is 0.0222. The second-order valence-electron chi connectivity index (χ2n) is 28.1. The lowest BCUT2D eigenvalue weighted by molar-refractivity contribution is -0.161. The Kier molecular flexibility index (Phi) is 62.2. The van der Waals surface area contributed by atoms with Crippen LogP contribution in [0.1, 0.15) is 370 Å². The summed E-state index contributed by atoms with van der Waals surface area (Å²) in [6, 6.07) is 0. The number of phosphoric ester groups is 2. The Morgan fingerprint density at radius 2 is 0.516 bits per heavy atom. The molecule has 0 spiro atoms. The standard InChI is InChI=1S/C74H144O17P2/c1-9-66(7)52-44-36-28-22-17-18-23-29-38-46-54-71(76)84-60-69(90-74(79)57-49-41-31-25-19-21-27-35-43-51-65(5)6)62-88-92(80,81)86-58-68(75)59-87-93(82,83)89-63-70(61-85-72(77)55-47-39-33-32-37-45-53-67(8)10-2)91-73(78)56-48-40-30-24-16-14-12-11-13-15-20-26-34-42-50-64(3)4/h64-70,75H,9-63H2,1-8H3,(H,80,81)(H,82,83)/t66?,67?,68-,69-,70-/m1/s1. The van der Waals surface area contributed by atoms with Crippen LogP contribution in [-0.2, 0) is 65.4 Å². The zero-order chi connectivity index (χ0) is 68.9. The number of rotatable bonds is 71. The van der Waals surface area contributed by atoms with Crippen molar-refractivity contribution in [2.24, 2.45) is 23.7 Å². The molecule has 4 unspecified atom stereocenters. The van der Waals surface area contributed by atoms with Gasteiger partial charge in [0.15, 0.2) is 12.2 Å². The molecule has 0 fully saturated rings. The van der Waals surface area contributed by atoms with Gasteiger partial charge in [0.05, 0.1) is 26.4 Å². The molecule has 0 aromatic rings. The fraction of sp³-hybridized carbons (Fsp3) is 0.946. The van der Waals surface area contributed by atoms with E-state index >= 15 is 0 Å². The molecule has 0 amide bonds. The van der Waals surface area contributed by atoms with E-state index in [9.17, 15) is 43.2 Å². The minimum Gasteiger partial charge on any atom is -0.462 e. The number of unbranched alkanes of at least 4 members (excludes halogenated alkanes) is 35. The fourth-order valence-corrected chi connectivity index (χ4v) is 12.7. The van der Waals surface area contributed by atoms with Gasteiger partial charge in [0.2, 0.25) is 0 Å². The second kappa shape index (κ2) is 63.5. The fourth-order valence-electron chi connectivity index (χ4n) is 11.1. The normalized spacial score (nSPS) is 14.8. The summed E-state index contributed by atoms with van der Waals surface area (Å²) in [5.74, 6) is 0.947. The minimum atomic E-state index is -4.96. The van der Waals surface area contributed by atoms with Gasteiger partial charge in [0, 0.05) is 25.7 Å². The lowest BCUT2D eigenvalue weighted by Crippen LogP contribution is -2.30. The van der Waals surface area contributed by atoms with Crippen LogP contribution in [0.2, 0.25) is 0 Å². The van der Waals surface area contributed by atoms with Crippen LogP contribution in [-0.4, -0.2) is 96.7 Å². The van der Waals surface area contributed by atoms with E-state index in [0.29, 0.717) is 25.7 Å². The largest absolute Gasteiger partial charge is 0.472 e. The van der Waals surface area contributed by atoms with Gasteiger partial charge in [-0.25, -0.2) is 9.13 Å². The molecule has 19 heteroatoms.